The highest BCUT2D eigenvalue weighted by Gasteiger charge is 2.06. The lowest BCUT2D eigenvalue weighted by Crippen LogP contribution is -1.95. The number of halogens is 1. The zero-order valence-corrected chi connectivity index (χ0v) is 8.85. The van der Waals surface area contributed by atoms with E-state index in [2.05, 4.69) is 32.2 Å². The minimum absolute atomic E-state index is 0.555. The predicted octanol–water partition coefficient (Wildman–Crippen LogP) is 2.09. The number of hydrogen-bond acceptors (Lipinski definition) is 2. The van der Waals surface area contributed by atoms with Crippen molar-refractivity contribution in [2.45, 2.75) is 13.5 Å². The monoisotopic (exact) mass is 239 g/mol. The zero-order chi connectivity index (χ0) is 9.42. The summed E-state index contributed by atoms with van der Waals surface area (Å²) in [6.07, 6.45) is 0. The SMILES string of the molecule is Cc1[nH]nc2c(Br)cc(CN)cc12. The first-order valence-corrected chi connectivity index (χ1v) is 4.85. The van der Waals surface area contributed by atoms with Crippen LogP contribution in [-0.4, -0.2) is 10.2 Å². The molecular formula is C9H10BrN3. The summed E-state index contributed by atoms with van der Waals surface area (Å²) in [6.45, 7) is 2.56. The molecule has 13 heavy (non-hydrogen) atoms. The van der Waals surface area contributed by atoms with Crippen LogP contribution in [0.1, 0.15) is 11.3 Å². The fourth-order valence-electron chi connectivity index (χ4n) is 1.37. The molecule has 0 amide bonds. The number of aromatic amines is 1. The molecule has 1 aromatic heterocycles. The van der Waals surface area contributed by atoms with E-state index in [1.165, 1.54) is 0 Å². The van der Waals surface area contributed by atoms with E-state index in [4.69, 9.17) is 5.73 Å². The fraction of sp³-hybridized carbons (Fsp3) is 0.222. The van der Waals surface area contributed by atoms with Gasteiger partial charge in [-0.05, 0) is 40.5 Å². The second kappa shape index (κ2) is 3.12. The van der Waals surface area contributed by atoms with Crippen LogP contribution in [0, 0.1) is 6.92 Å². The molecule has 2 aromatic rings. The van der Waals surface area contributed by atoms with Crippen LogP contribution in [0.25, 0.3) is 10.9 Å². The third-order valence-corrected chi connectivity index (χ3v) is 2.70. The second-order valence-corrected chi connectivity index (χ2v) is 3.88. The van der Waals surface area contributed by atoms with E-state index in [1.807, 2.05) is 13.0 Å². The van der Waals surface area contributed by atoms with Gasteiger partial charge in [-0.3, -0.25) is 5.10 Å². The highest BCUT2D eigenvalue weighted by Crippen LogP contribution is 2.25. The Morgan fingerprint density at radius 2 is 2.31 bits per heavy atom. The lowest BCUT2D eigenvalue weighted by atomic mass is 10.1. The highest BCUT2D eigenvalue weighted by atomic mass is 79.9. The zero-order valence-electron chi connectivity index (χ0n) is 7.26. The Labute approximate surface area is 84.4 Å². The minimum Gasteiger partial charge on any atom is -0.326 e. The van der Waals surface area contributed by atoms with Crippen LogP contribution >= 0.6 is 15.9 Å². The van der Waals surface area contributed by atoms with Crippen LogP contribution in [0.4, 0.5) is 0 Å². The van der Waals surface area contributed by atoms with Crippen molar-refractivity contribution in [2.75, 3.05) is 0 Å². The van der Waals surface area contributed by atoms with Crippen molar-refractivity contribution in [3.8, 4) is 0 Å². The standard InChI is InChI=1S/C9H10BrN3/c1-5-7-2-6(4-11)3-8(10)9(7)13-12-5/h2-3H,4,11H2,1H3,(H,12,13). The average Bonchev–Trinajstić information content (AvgIpc) is 2.48. The minimum atomic E-state index is 0.555. The molecule has 4 heteroatoms. The van der Waals surface area contributed by atoms with E-state index < -0.39 is 0 Å². The van der Waals surface area contributed by atoms with Gasteiger partial charge in [-0.25, -0.2) is 0 Å². The molecule has 0 radical (unpaired) electrons. The van der Waals surface area contributed by atoms with E-state index >= 15 is 0 Å². The van der Waals surface area contributed by atoms with Gasteiger partial charge in [0.1, 0.15) is 5.52 Å². The smallest absolute Gasteiger partial charge is 0.107 e. The Kier molecular flexibility index (Phi) is 2.09. The van der Waals surface area contributed by atoms with Crippen molar-refractivity contribution in [1.29, 1.82) is 0 Å². The van der Waals surface area contributed by atoms with Crippen molar-refractivity contribution in [3.05, 3.63) is 27.9 Å². The second-order valence-electron chi connectivity index (χ2n) is 3.03. The molecule has 1 aromatic carbocycles. The molecule has 0 fully saturated rings. The molecule has 0 spiro atoms. The molecule has 0 unspecified atom stereocenters. The summed E-state index contributed by atoms with van der Waals surface area (Å²) < 4.78 is 0.995. The van der Waals surface area contributed by atoms with E-state index in [1.54, 1.807) is 0 Å². The molecule has 1 heterocycles. The number of nitrogens with two attached hydrogens (primary N) is 1. The Bertz CT molecular complexity index is 447. The summed E-state index contributed by atoms with van der Waals surface area (Å²) in [5.41, 5.74) is 8.73. The Balaban J connectivity index is 2.80. The van der Waals surface area contributed by atoms with Gasteiger partial charge in [0, 0.05) is 22.1 Å². The molecule has 0 aliphatic rings. The van der Waals surface area contributed by atoms with Crippen LogP contribution in [0.15, 0.2) is 16.6 Å². The van der Waals surface area contributed by atoms with Gasteiger partial charge in [-0.15, -0.1) is 0 Å². The summed E-state index contributed by atoms with van der Waals surface area (Å²) in [5, 5.41) is 8.26. The molecule has 0 bridgehead atoms. The van der Waals surface area contributed by atoms with Crippen molar-refractivity contribution < 1.29 is 0 Å². The molecule has 68 valence electrons. The first-order chi connectivity index (χ1) is 6.22. The first kappa shape index (κ1) is 8.72. The maximum atomic E-state index is 5.58. The predicted molar refractivity (Wildman–Crippen MR) is 56.4 cm³/mol. The van der Waals surface area contributed by atoms with Gasteiger partial charge in [0.2, 0.25) is 0 Å². The van der Waals surface area contributed by atoms with Crippen molar-refractivity contribution in [3.63, 3.8) is 0 Å². The van der Waals surface area contributed by atoms with Gasteiger partial charge in [0.05, 0.1) is 0 Å². The van der Waals surface area contributed by atoms with Gasteiger partial charge in [0.15, 0.2) is 0 Å². The van der Waals surface area contributed by atoms with Gasteiger partial charge >= 0.3 is 0 Å². The molecule has 0 saturated carbocycles. The quantitative estimate of drug-likeness (QED) is 0.801. The van der Waals surface area contributed by atoms with Crippen molar-refractivity contribution in [1.82, 2.24) is 10.2 Å². The number of aryl methyl sites for hydroxylation is 1. The van der Waals surface area contributed by atoms with Gasteiger partial charge in [-0.2, -0.15) is 5.10 Å². The van der Waals surface area contributed by atoms with Gasteiger partial charge in [-0.1, -0.05) is 0 Å². The summed E-state index contributed by atoms with van der Waals surface area (Å²) in [6, 6.07) is 4.07. The molecular weight excluding hydrogens is 230 g/mol. The summed E-state index contributed by atoms with van der Waals surface area (Å²) in [4.78, 5) is 0. The molecule has 0 saturated heterocycles. The number of nitrogens with zero attached hydrogens (tertiary/aromatic N) is 1. The van der Waals surface area contributed by atoms with Crippen LogP contribution < -0.4 is 5.73 Å². The topological polar surface area (TPSA) is 54.7 Å². The molecule has 3 nitrogen and oxygen atoms in total. The molecule has 0 aliphatic carbocycles. The van der Waals surface area contributed by atoms with E-state index in [-0.39, 0.29) is 0 Å². The third-order valence-electron chi connectivity index (χ3n) is 2.10. The van der Waals surface area contributed by atoms with Crippen LogP contribution in [0.2, 0.25) is 0 Å². The molecule has 3 N–H and O–H groups in total. The van der Waals surface area contributed by atoms with Crippen LogP contribution in [-0.2, 0) is 6.54 Å². The van der Waals surface area contributed by atoms with E-state index in [0.29, 0.717) is 6.54 Å². The van der Waals surface area contributed by atoms with Crippen LogP contribution in [0.5, 0.6) is 0 Å². The normalized spacial score (nSPS) is 11.0. The van der Waals surface area contributed by atoms with Gasteiger partial charge < -0.3 is 5.73 Å². The number of aromatic nitrogens is 2. The lowest BCUT2D eigenvalue weighted by molar-refractivity contribution is 1.07. The number of fused-ring (bicyclic) bond motifs is 1. The maximum Gasteiger partial charge on any atom is 0.107 e. The Hall–Kier alpha value is -0.870. The largest absolute Gasteiger partial charge is 0.326 e. The summed E-state index contributed by atoms with van der Waals surface area (Å²) in [7, 11) is 0. The maximum absolute atomic E-state index is 5.58. The number of rotatable bonds is 1. The average molecular weight is 240 g/mol. The lowest BCUT2D eigenvalue weighted by Gasteiger charge is -1.99. The van der Waals surface area contributed by atoms with Crippen LogP contribution in [0.3, 0.4) is 0 Å². The van der Waals surface area contributed by atoms with Crippen molar-refractivity contribution >= 4 is 26.8 Å². The van der Waals surface area contributed by atoms with E-state index in [9.17, 15) is 0 Å². The highest BCUT2D eigenvalue weighted by molar-refractivity contribution is 9.10. The summed E-state index contributed by atoms with van der Waals surface area (Å²) >= 11 is 3.46. The fourth-order valence-corrected chi connectivity index (χ4v) is 1.97. The Morgan fingerprint density at radius 3 is 3.00 bits per heavy atom. The van der Waals surface area contributed by atoms with Crippen molar-refractivity contribution in [2.24, 2.45) is 5.73 Å². The molecule has 0 atom stereocenters. The van der Waals surface area contributed by atoms with E-state index in [0.717, 1.165) is 26.6 Å². The molecule has 2 rings (SSSR count). The number of benzene rings is 1. The van der Waals surface area contributed by atoms with Gasteiger partial charge in [0.25, 0.3) is 0 Å². The molecule has 0 aliphatic heterocycles. The first-order valence-electron chi connectivity index (χ1n) is 4.05. The Morgan fingerprint density at radius 1 is 1.54 bits per heavy atom. The third kappa shape index (κ3) is 1.36. The number of H-pyrrole nitrogens is 1. The number of hydrogen-bond donors (Lipinski definition) is 2. The number of nitrogens with one attached hydrogen (secondary N) is 1. The summed E-state index contributed by atoms with van der Waals surface area (Å²) in [5.74, 6) is 0.